The fraction of sp³-hybridized carbons (Fsp3) is 0.778. The summed E-state index contributed by atoms with van der Waals surface area (Å²) in [5.41, 5.74) is 2.50. The van der Waals surface area contributed by atoms with E-state index < -0.39 is 8.07 Å². The lowest BCUT2D eigenvalue weighted by Crippen LogP contribution is -2.16. The molecule has 0 aliphatic heterocycles. The van der Waals surface area contributed by atoms with Crippen LogP contribution >= 0.6 is 22.6 Å². The van der Waals surface area contributed by atoms with Gasteiger partial charge in [-0.1, -0.05) is 38.7 Å². The molecule has 0 bridgehead atoms. The molecule has 66 valence electrons. The van der Waals surface area contributed by atoms with Crippen LogP contribution in [0.4, 0.5) is 0 Å². The van der Waals surface area contributed by atoms with Gasteiger partial charge in [-0.25, -0.2) is 0 Å². The monoisotopic (exact) mass is 282 g/mol. The lowest BCUT2D eigenvalue weighted by atomic mass is 10.2. The van der Waals surface area contributed by atoms with Gasteiger partial charge in [-0.05, 0) is 39.0 Å². The van der Waals surface area contributed by atoms with Crippen molar-refractivity contribution < 1.29 is 0 Å². The Kier molecular flexibility index (Phi) is 5.69. The standard InChI is InChI=1S/C9H19ISi/c1-5-6-7-9(10)8-11(2,3)4/h8H,5-7H2,1-4H3/b9-8-. The van der Waals surface area contributed by atoms with Gasteiger partial charge in [0, 0.05) is 0 Å². The largest absolute Gasteiger partial charge is 0.0859 e. The first kappa shape index (κ1) is 11.7. The quantitative estimate of drug-likeness (QED) is 0.530. The molecule has 0 aliphatic rings. The Morgan fingerprint density at radius 2 is 1.91 bits per heavy atom. The third-order valence-electron chi connectivity index (χ3n) is 1.36. The molecule has 0 saturated carbocycles. The predicted molar refractivity (Wildman–Crippen MR) is 65.0 cm³/mol. The maximum absolute atomic E-state index is 2.50. The maximum Gasteiger partial charge on any atom is 0.0696 e. The predicted octanol–water partition coefficient (Wildman–Crippen LogP) is 4.37. The number of rotatable bonds is 4. The van der Waals surface area contributed by atoms with Gasteiger partial charge in [-0.2, -0.15) is 0 Å². The van der Waals surface area contributed by atoms with Gasteiger partial charge in [0.15, 0.2) is 0 Å². The van der Waals surface area contributed by atoms with Crippen molar-refractivity contribution in [2.75, 3.05) is 0 Å². The van der Waals surface area contributed by atoms with Gasteiger partial charge < -0.3 is 0 Å². The van der Waals surface area contributed by atoms with Crippen LogP contribution in [0, 0.1) is 0 Å². The second kappa shape index (κ2) is 5.35. The summed E-state index contributed by atoms with van der Waals surface area (Å²) in [4.78, 5) is 0. The molecule has 0 aromatic heterocycles. The highest BCUT2D eigenvalue weighted by atomic mass is 127. The van der Waals surface area contributed by atoms with E-state index in [0.29, 0.717) is 0 Å². The molecule has 0 aliphatic carbocycles. The van der Waals surface area contributed by atoms with E-state index in [-0.39, 0.29) is 0 Å². The SMILES string of the molecule is CCCC/C(I)=C/[Si](C)(C)C. The molecule has 11 heavy (non-hydrogen) atoms. The summed E-state index contributed by atoms with van der Waals surface area (Å²) < 4.78 is 1.57. The van der Waals surface area contributed by atoms with Crippen molar-refractivity contribution in [3.05, 3.63) is 9.28 Å². The van der Waals surface area contributed by atoms with E-state index in [4.69, 9.17) is 0 Å². The molecule has 0 fully saturated rings. The van der Waals surface area contributed by atoms with Crippen LogP contribution in [0.5, 0.6) is 0 Å². The maximum atomic E-state index is 2.50. The highest BCUT2D eigenvalue weighted by molar-refractivity contribution is 14.1. The first-order valence-corrected chi connectivity index (χ1v) is 8.98. The fourth-order valence-corrected chi connectivity index (χ4v) is 5.16. The van der Waals surface area contributed by atoms with Gasteiger partial charge in [0.1, 0.15) is 0 Å². The normalized spacial score (nSPS) is 13.7. The fourth-order valence-electron chi connectivity index (χ4n) is 0.888. The molecule has 0 radical (unpaired) electrons. The van der Waals surface area contributed by atoms with Crippen molar-refractivity contribution in [3.63, 3.8) is 0 Å². The zero-order valence-electron chi connectivity index (χ0n) is 8.08. The summed E-state index contributed by atoms with van der Waals surface area (Å²) in [7, 11) is -0.940. The average Bonchev–Trinajstić information content (AvgIpc) is 1.79. The number of hydrogen-bond donors (Lipinski definition) is 0. The molecular formula is C9H19ISi. The molecule has 0 aromatic rings. The van der Waals surface area contributed by atoms with Crippen LogP contribution in [-0.4, -0.2) is 8.07 Å². The van der Waals surface area contributed by atoms with Crippen molar-refractivity contribution >= 4 is 30.7 Å². The number of allylic oxidation sites excluding steroid dienone is 1. The van der Waals surface area contributed by atoms with E-state index in [1.807, 2.05) is 0 Å². The van der Waals surface area contributed by atoms with E-state index in [9.17, 15) is 0 Å². The first-order valence-electron chi connectivity index (χ1n) is 4.33. The topological polar surface area (TPSA) is 0 Å². The molecular weight excluding hydrogens is 263 g/mol. The van der Waals surface area contributed by atoms with Crippen LogP contribution < -0.4 is 0 Å². The molecule has 0 N–H and O–H groups in total. The second-order valence-electron chi connectivity index (χ2n) is 4.06. The molecule has 0 heterocycles. The van der Waals surface area contributed by atoms with Gasteiger partial charge in [0.2, 0.25) is 0 Å². The van der Waals surface area contributed by atoms with E-state index in [0.717, 1.165) is 0 Å². The third kappa shape index (κ3) is 8.59. The lowest BCUT2D eigenvalue weighted by molar-refractivity contribution is 0.812. The smallest absolute Gasteiger partial charge is 0.0696 e. The Morgan fingerprint density at radius 3 is 2.27 bits per heavy atom. The van der Waals surface area contributed by atoms with Gasteiger partial charge in [0.05, 0.1) is 8.07 Å². The summed E-state index contributed by atoms with van der Waals surface area (Å²) in [5, 5.41) is 0. The zero-order valence-corrected chi connectivity index (χ0v) is 11.2. The Bertz CT molecular complexity index is 133. The molecule has 0 aromatic carbocycles. The minimum absolute atomic E-state index is 0.940. The van der Waals surface area contributed by atoms with Crippen LogP contribution in [0.15, 0.2) is 9.28 Å². The molecule has 0 atom stereocenters. The molecule has 0 saturated heterocycles. The van der Waals surface area contributed by atoms with Gasteiger partial charge in [0.25, 0.3) is 0 Å². The van der Waals surface area contributed by atoms with E-state index in [1.54, 1.807) is 3.58 Å². The summed E-state index contributed by atoms with van der Waals surface area (Å²) in [6.45, 7) is 9.41. The molecule has 0 rings (SSSR count). The summed E-state index contributed by atoms with van der Waals surface area (Å²) in [6.07, 6.45) is 3.95. The van der Waals surface area contributed by atoms with E-state index >= 15 is 0 Å². The summed E-state index contributed by atoms with van der Waals surface area (Å²) in [5.74, 6) is 0. The van der Waals surface area contributed by atoms with Crippen molar-refractivity contribution in [2.45, 2.75) is 45.8 Å². The highest BCUT2D eigenvalue weighted by Crippen LogP contribution is 2.18. The van der Waals surface area contributed by atoms with Crippen molar-refractivity contribution in [3.8, 4) is 0 Å². The minimum Gasteiger partial charge on any atom is -0.0859 e. The molecule has 0 spiro atoms. The molecule has 2 heteroatoms. The third-order valence-corrected chi connectivity index (χ3v) is 4.01. The van der Waals surface area contributed by atoms with E-state index in [1.165, 1.54) is 19.3 Å². The Hall–Kier alpha value is 0.687. The van der Waals surface area contributed by atoms with Gasteiger partial charge in [-0.15, -0.1) is 0 Å². The number of halogens is 1. The van der Waals surface area contributed by atoms with Crippen molar-refractivity contribution in [1.29, 1.82) is 0 Å². The second-order valence-corrected chi connectivity index (χ2v) is 10.5. The lowest BCUT2D eigenvalue weighted by Gasteiger charge is -2.10. The van der Waals surface area contributed by atoms with Crippen molar-refractivity contribution in [1.82, 2.24) is 0 Å². The van der Waals surface area contributed by atoms with Crippen LogP contribution in [0.2, 0.25) is 19.6 Å². The summed E-state index contributed by atoms with van der Waals surface area (Å²) in [6, 6.07) is 0. The first-order chi connectivity index (χ1) is 4.95. The van der Waals surface area contributed by atoms with Crippen LogP contribution in [-0.2, 0) is 0 Å². The molecule has 0 unspecified atom stereocenters. The van der Waals surface area contributed by atoms with Crippen LogP contribution in [0.1, 0.15) is 26.2 Å². The minimum atomic E-state index is -0.940. The molecule has 0 amide bonds. The van der Waals surface area contributed by atoms with Gasteiger partial charge >= 0.3 is 0 Å². The summed E-state index contributed by atoms with van der Waals surface area (Å²) >= 11 is 2.49. The Morgan fingerprint density at radius 1 is 1.36 bits per heavy atom. The number of unbranched alkanes of at least 4 members (excludes halogenated alkanes) is 1. The Balaban J connectivity index is 3.81. The van der Waals surface area contributed by atoms with E-state index in [2.05, 4.69) is 54.9 Å². The highest BCUT2D eigenvalue weighted by Gasteiger charge is 2.08. The Labute approximate surface area is 85.6 Å². The molecule has 0 nitrogen and oxygen atoms in total. The average molecular weight is 282 g/mol. The zero-order chi connectivity index (χ0) is 8.91. The van der Waals surface area contributed by atoms with Crippen LogP contribution in [0.25, 0.3) is 0 Å². The van der Waals surface area contributed by atoms with Crippen molar-refractivity contribution in [2.24, 2.45) is 0 Å². The van der Waals surface area contributed by atoms with Crippen LogP contribution in [0.3, 0.4) is 0 Å². The van der Waals surface area contributed by atoms with Gasteiger partial charge in [-0.3, -0.25) is 0 Å². The number of hydrogen-bond acceptors (Lipinski definition) is 0.